The van der Waals surface area contributed by atoms with Gasteiger partial charge >= 0.3 is 5.97 Å². The number of piperidine rings is 1. The molecule has 0 aliphatic carbocycles. The standard InChI is InChI=1S/C15H16FNO3/c16-13-6-3-11(4-7-13)5-8-14(18)17-9-1-2-12(10-17)15(19)20/h3-8,12H,1-2,9-10H2,(H,19,20)/b8-5-/t12-/m1/s1. The number of carboxylic acid groups (broad SMARTS) is 1. The molecule has 0 bridgehead atoms. The summed E-state index contributed by atoms with van der Waals surface area (Å²) in [5.41, 5.74) is 0.728. The van der Waals surface area contributed by atoms with Crippen LogP contribution in [0.15, 0.2) is 30.3 Å². The predicted octanol–water partition coefficient (Wildman–Crippen LogP) is 2.16. The van der Waals surface area contributed by atoms with Crippen molar-refractivity contribution in [1.82, 2.24) is 4.90 Å². The fraction of sp³-hybridized carbons (Fsp3) is 0.333. The highest BCUT2D eigenvalue weighted by atomic mass is 19.1. The van der Waals surface area contributed by atoms with Crippen LogP contribution in [0.1, 0.15) is 18.4 Å². The van der Waals surface area contributed by atoms with Gasteiger partial charge in [0.15, 0.2) is 0 Å². The molecule has 5 heteroatoms. The van der Waals surface area contributed by atoms with Gasteiger partial charge in [-0.1, -0.05) is 12.1 Å². The number of amides is 1. The van der Waals surface area contributed by atoms with Crippen LogP contribution in [0.3, 0.4) is 0 Å². The maximum absolute atomic E-state index is 12.7. The first-order valence-electron chi connectivity index (χ1n) is 6.51. The SMILES string of the molecule is O=C(O)[C@@H]1CCCN(C(=O)/C=C\c2ccc(F)cc2)C1. The molecule has 0 saturated carbocycles. The van der Waals surface area contributed by atoms with E-state index >= 15 is 0 Å². The van der Waals surface area contributed by atoms with E-state index in [0.29, 0.717) is 19.4 Å². The molecule has 1 N–H and O–H groups in total. The average Bonchev–Trinajstić information content (AvgIpc) is 2.46. The molecule has 0 aromatic heterocycles. The van der Waals surface area contributed by atoms with E-state index in [2.05, 4.69) is 0 Å². The maximum Gasteiger partial charge on any atom is 0.308 e. The smallest absolute Gasteiger partial charge is 0.308 e. The van der Waals surface area contributed by atoms with E-state index in [1.54, 1.807) is 23.1 Å². The number of carbonyl (C=O) groups is 2. The second kappa shape index (κ2) is 6.32. The Hall–Kier alpha value is -2.17. The van der Waals surface area contributed by atoms with Gasteiger partial charge in [-0.25, -0.2) is 4.39 Å². The molecule has 1 aromatic rings. The Labute approximate surface area is 116 Å². The number of carboxylic acids is 1. The summed E-state index contributed by atoms with van der Waals surface area (Å²) in [5, 5.41) is 8.98. The summed E-state index contributed by atoms with van der Waals surface area (Å²) in [7, 11) is 0. The lowest BCUT2D eigenvalue weighted by Gasteiger charge is -2.29. The molecular formula is C15H16FNO3. The van der Waals surface area contributed by atoms with Crippen molar-refractivity contribution in [2.75, 3.05) is 13.1 Å². The Bertz CT molecular complexity index is 524. The van der Waals surface area contributed by atoms with Gasteiger partial charge < -0.3 is 10.0 Å². The fourth-order valence-corrected chi connectivity index (χ4v) is 2.23. The molecule has 0 radical (unpaired) electrons. The van der Waals surface area contributed by atoms with Gasteiger partial charge in [0.1, 0.15) is 5.82 Å². The molecule has 1 saturated heterocycles. The van der Waals surface area contributed by atoms with Gasteiger partial charge in [0.05, 0.1) is 5.92 Å². The molecular weight excluding hydrogens is 261 g/mol. The van der Waals surface area contributed by atoms with Gasteiger partial charge in [0.25, 0.3) is 0 Å². The quantitative estimate of drug-likeness (QED) is 0.861. The first kappa shape index (κ1) is 14.2. The summed E-state index contributed by atoms with van der Waals surface area (Å²) < 4.78 is 12.7. The average molecular weight is 277 g/mol. The van der Waals surface area contributed by atoms with E-state index in [0.717, 1.165) is 5.56 Å². The van der Waals surface area contributed by atoms with Crippen LogP contribution in [-0.4, -0.2) is 35.0 Å². The van der Waals surface area contributed by atoms with E-state index in [1.807, 2.05) is 0 Å². The molecule has 0 unspecified atom stereocenters. The molecule has 1 heterocycles. The minimum Gasteiger partial charge on any atom is -0.481 e. The third kappa shape index (κ3) is 3.66. The van der Waals surface area contributed by atoms with Crippen molar-refractivity contribution in [1.29, 1.82) is 0 Å². The summed E-state index contributed by atoms with van der Waals surface area (Å²) in [6.07, 6.45) is 4.32. The van der Waals surface area contributed by atoms with Crippen LogP contribution in [-0.2, 0) is 9.59 Å². The van der Waals surface area contributed by atoms with Crippen molar-refractivity contribution in [3.05, 3.63) is 41.7 Å². The van der Waals surface area contributed by atoms with Crippen LogP contribution in [0.25, 0.3) is 6.08 Å². The molecule has 0 spiro atoms. The van der Waals surface area contributed by atoms with Gasteiger partial charge in [-0.3, -0.25) is 9.59 Å². The third-order valence-corrected chi connectivity index (χ3v) is 3.37. The highest BCUT2D eigenvalue weighted by Gasteiger charge is 2.26. The highest BCUT2D eigenvalue weighted by molar-refractivity contribution is 5.92. The van der Waals surface area contributed by atoms with Crippen LogP contribution >= 0.6 is 0 Å². The van der Waals surface area contributed by atoms with Crippen molar-refractivity contribution < 1.29 is 19.1 Å². The van der Waals surface area contributed by atoms with Crippen LogP contribution in [0.5, 0.6) is 0 Å². The van der Waals surface area contributed by atoms with Crippen LogP contribution < -0.4 is 0 Å². The van der Waals surface area contributed by atoms with Gasteiger partial charge in [-0.15, -0.1) is 0 Å². The van der Waals surface area contributed by atoms with E-state index in [9.17, 15) is 14.0 Å². The first-order chi connectivity index (χ1) is 9.56. The van der Waals surface area contributed by atoms with Crippen molar-refractivity contribution in [3.63, 3.8) is 0 Å². The summed E-state index contributed by atoms with van der Waals surface area (Å²) >= 11 is 0. The Morgan fingerprint density at radius 3 is 2.65 bits per heavy atom. The number of hydrogen-bond donors (Lipinski definition) is 1. The second-order valence-electron chi connectivity index (χ2n) is 4.85. The zero-order valence-electron chi connectivity index (χ0n) is 11.0. The molecule has 1 amide bonds. The summed E-state index contributed by atoms with van der Waals surface area (Å²) in [6.45, 7) is 0.832. The molecule has 1 atom stereocenters. The summed E-state index contributed by atoms with van der Waals surface area (Å²) in [4.78, 5) is 24.5. The lowest BCUT2D eigenvalue weighted by atomic mass is 9.98. The van der Waals surface area contributed by atoms with Crippen molar-refractivity contribution in [2.24, 2.45) is 5.92 Å². The zero-order chi connectivity index (χ0) is 14.5. The van der Waals surface area contributed by atoms with Gasteiger partial charge in [0.2, 0.25) is 5.91 Å². The molecule has 20 heavy (non-hydrogen) atoms. The van der Waals surface area contributed by atoms with E-state index in [1.165, 1.54) is 18.2 Å². The summed E-state index contributed by atoms with van der Waals surface area (Å²) in [6, 6.07) is 5.81. The Balaban J connectivity index is 1.97. The number of carbonyl (C=O) groups excluding carboxylic acids is 1. The highest BCUT2D eigenvalue weighted by Crippen LogP contribution is 2.17. The minimum atomic E-state index is -0.856. The maximum atomic E-state index is 12.7. The largest absolute Gasteiger partial charge is 0.481 e. The summed E-state index contributed by atoms with van der Waals surface area (Å²) in [5.74, 6) is -1.87. The van der Waals surface area contributed by atoms with Gasteiger partial charge in [-0.05, 0) is 36.6 Å². The topological polar surface area (TPSA) is 57.6 Å². The first-order valence-corrected chi connectivity index (χ1v) is 6.51. The number of hydrogen-bond acceptors (Lipinski definition) is 2. The molecule has 1 fully saturated rings. The Morgan fingerprint density at radius 2 is 2.00 bits per heavy atom. The Kier molecular flexibility index (Phi) is 4.50. The molecule has 1 aromatic carbocycles. The number of benzene rings is 1. The molecule has 1 aliphatic rings. The number of nitrogens with zero attached hydrogens (tertiary/aromatic N) is 1. The molecule has 1 aliphatic heterocycles. The Morgan fingerprint density at radius 1 is 1.30 bits per heavy atom. The van der Waals surface area contributed by atoms with Crippen LogP contribution in [0, 0.1) is 11.7 Å². The minimum absolute atomic E-state index is 0.208. The van der Waals surface area contributed by atoms with E-state index < -0.39 is 11.9 Å². The van der Waals surface area contributed by atoms with Crippen molar-refractivity contribution >= 4 is 18.0 Å². The van der Waals surface area contributed by atoms with E-state index in [4.69, 9.17) is 5.11 Å². The lowest BCUT2D eigenvalue weighted by Crippen LogP contribution is -2.41. The van der Waals surface area contributed by atoms with Gasteiger partial charge in [-0.2, -0.15) is 0 Å². The predicted molar refractivity (Wildman–Crippen MR) is 72.4 cm³/mol. The normalized spacial score (nSPS) is 19.2. The van der Waals surface area contributed by atoms with Gasteiger partial charge in [0, 0.05) is 19.2 Å². The zero-order valence-corrected chi connectivity index (χ0v) is 11.0. The number of halogens is 1. The molecule has 106 valence electrons. The number of rotatable bonds is 3. The van der Waals surface area contributed by atoms with Crippen molar-refractivity contribution in [2.45, 2.75) is 12.8 Å². The third-order valence-electron chi connectivity index (χ3n) is 3.37. The number of likely N-dealkylation sites (tertiary alicyclic amines) is 1. The van der Waals surface area contributed by atoms with Crippen LogP contribution in [0.4, 0.5) is 4.39 Å². The second-order valence-corrected chi connectivity index (χ2v) is 4.85. The van der Waals surface area contributed by atoms with E-state index in [-0.39, 0.29) is 18.3 Å². The monoisotopic (exact) mass is 277 g/mol. The molecule has 4 nitrogen and oxygen atoms in total. The fourth-order valence-electron chi connectivity index (χ4n) is 2.23. The van der Waals surface area contributed by atoms with Crippen molar-refractivity contribution in [3.8, 4) is 0 Å². The lowest BCUT2D eigenvalue weighted by molar-refractivity contribution is -0.144. The van der Waals surface area contributed by atoms with Crippen LogP contribution in [0.2, 0.25) is 0 Å². The molecule has 2 rings (SSSR count). The number of aliphatic carboxylic acids is 1.